The fourth-order valence-electron chi connectivity index (χ4n) is 3.44. The molecule has 4 heteroatoms. The third kappa shape index (κ3) is 6.02. The van der Waals surface area contributed by atoms with Crippen LogP contribution in [0.5, 0.6) is 5.75 Å². The maximum absolute atomic E-state index is 5.86. The van der Waals surface area contributed by atoms with Crippen LogP contribution < -0.4 is 4.74 Å². The average molecular weight is 429 g/mol. The van der Waals surface area contributed by atoms with Gasteiger partial charge in [-0.3, -0.25) is 0 Å². The topological polar surface area (TPSA) is 35.0 Å². The van der Waals surface area contributed by atoms with Crippen LogP contribution in [-0.2, 0) is 13.0 Å². The van der Waals surface area contributed by atoms with Gasteiger partial charge >= 0.3 is 0 Å². The number of aromatic nitrogens is 2. The van der Waals surface area contributed by atoms with Crippen LogP contribution in [0.3, 0.4) is 0 Å². The van der Waals surface area contributed by atoms with Crippen molar-refractivity contribution < 1.29 is 4.74 Å². The Kier molecular flexibility index (Phi) is 7.46. The Labute approximate surface area is 188 Å². The number of hydrogen-bond acceptors (Lipinski definition) is 4. The number of unbranched alkanes of at least 4 members (excludes halogenated alkanes) is 3. The summed E-state index contributed by atoms with van der Waals surface area (Å²) in [4.78, 5) is 11.9. The largest absolute Gasteiger partial charge is 0.489 e. The normalized spacial score (nSPS) is 10.9. The SMILES string of the molecule is CCCCCCc1ccc(-c2cnc(-c3ccc(OCc4ccccc4)cc3)nc2)s1. The van der Waals surface area contributed by atoms with Crippen LogP contribution in [-0.4, -0.2) is 9.97 Å². The Hall–Kier alpha value is -2.98. The van der Waals surface area contributed by atoms with Crippen molar-refractivity contribution >= 4 is 11.3 Å². The maximum Gasteiger partial charge on any atom is 0.159 e. The molecule has 2 aromatic carbocycles. The molecule has 0 aliphatic heterocycles. The number of hydrogen-bond donors (Lipinski definition) is 0. The average Bonchev–Trinajstić information content (AvgIpc) is 3.31. The monoisotopic (exact) mass is 428 g/mol. The van der Waals surface area contributed by atoms with Crippen molar-refractivity contribution in [2.24, 2.45) is 0 Å². The molecule has 0 aliphatic carbocycles. The Morgan fingerprint density at radius 2 is 1.55 bits per heavy atom. The van der Waals surface area contributed by atoms with Crippen molar-refractivity contribution in [1.82, 2.24) is 9.97 Å². The highest BCUT2D eigenvalue weighted by atomic mass is 32.1. The highest BCUT2D eigenvalue weighted by Crippen LogP contribution is 2.29. The summed E-state index contributed by atoms with van der Waals surface area (Å²) in [7, 11) is 0. The van der Waals surface area contributed by atoms with Crippen molar-refractivity contribution in [1.29, 1.82) is 0 Å². The molecule has 0 unspecified atom stereocenters. The number of nitrogens with zero attached hydrogens (tertiary/aromatic N) is 2. The van der Waals surface area contributed by atoms with E-state index in [1.807, 2.05) is 66.2 Å². The van der Waals surface area contributed by atoms with Crippen LogP contribution in [0.25, 0.3) is 21.8 Å². The molecule has 0 saturated heterocycles. The molecule has 3 nitrogen and oxygen atoms in total. The fraction of sp³-hybridized carbons (Fsp3) is 0.259. The highest BCUT2D eigenvalue weighted by molar-refractivity contribution is 7.15. The van der Waals surface area contributed by atoms with Crippen molar-refractivity contribution in [3.8, 4) is 27.6 Å². The molecule has 0 saturated carbocycles. The second-order valence-electron chi connectivity index (χ2n) is 7.67. The smallest absolute Gasteiger partial charge is 0.159 e. The predicted molar refractivity (Wildman–Crippen MR) is 129 cm³/mol. The van der Waals surface area contributed by atoms with Crippen LogP contribution in [0.2, 0.25) is 0 Å². The molecule has 0 fully saturated rings. The predicted octanol–water partition coefficient (Wildman–Crippen LogP) is 7.57. The van der Waals surface area contributed by atoms with Gasteiger partial charge in [-0.05, 0) is 54.8 Å². The van der Waals surface area contributed by atoms with Crippen molar-refractivity contribution in [2.45, 2.75) is 45.6 Å². The Morgan fingerprint density at radius 3 is 2.29 bits per heavy atom. The number of thiophene rings is 1. The molecule has 2 heterocycles. The summed E-state index contributed by atoms with van der Waals surface area (Å²) >= 11 is 1.85. The molecule has 4 rings (SSSR count). The van der Waals surface area contributed by atoms with Gasteiger partial charge in [-0.1, -0.05) is 56.5 Å². The first-order chi connectivity index (χ1) is 15.3. The molecular formula is C27H28N2OS. The van der Waals surface area contributed by atoms with Gasteiger partial charge in [0.25, 0.3) is 0 Å². The lowest BCUT2D eigenvalue weighted by molar-refractivity contribution is 0.306. The summed E-state index contributed by atoms with van der Waals surface area (Å²) < 4.78 is 5.86. The quantitative estimate of drug-likeness (QED) is 0.244. The zero-order chi connectivity index (χ0) is 21.3. The Balaban J connectivity index is 1.35. The minimum Gasteiger partial charge on any atom is -0.489 e. The maximum atomic E-state index is 5.86. The molecule has 0 radical (unpaired) electrons. The molecule has 2 aromatic heterocycles. The second-order valence-corrected chi connectivity index (χ2v) is 8.84. The molecule has 158 valence electrons. The molecule has 0 spiro atoms. The third-order valence-electron chi connectivity index (χ3n) is 5.24. The number of ether oxygens (including phenoxy) is 1. The zero-order valence-corrected chi connectivity index (χ0v) is 18.8. The first-order valence-electron chi connectivity index (χ1n) is 11.0. The van der Waals surface area contributed by atoms with Crippen molar-refractivity contribution in [3.05, 3.63) is 89.6 Å². The minimum absolute atomic E-state index is 0.562. The summed E-state index contributed by atoms with van der Waals surface area (Å²) in [6, 6.07) is 22.6. The zero-order valence-electron chi connectivity index (χ0n) is 18.0. The van der Waals surface area contributed by atoms with Gasteiger partial charge < -0.3 is 4.74 Å². The van der Waals surface area contributed by atoms with E-state index in [9.17, 15) is 0 Å². The first kappa shape index (κ1) is 21.3. The van der Waals surface area contributed by atoms with Crippen LogP contribution >= 0.6 is 11.3 Å². The molecule has 0 amide bonds. The van der Waals surface area contributed by atoms with E-state index in [0.29, 0.717) is 6.61 Å². The van der Waals surface area contributed by atoms with E-state index in [-0.39, 0.29) is 0 Å². The van der Waals surface area contributed by atoms with E-state index < -0.39 is 0 Å². The van der Waals surface area contributed by atoms with Crippen molar-refractivity contribution in [2.75, 3.05) is 0 Å². The molecule has 0 N–H and O–H groups in total. The minimum atomic E-state index is 0.562. The molecule has 31 heavy (non-hydrogen) atoms. The van der Waals surface area contributed by atoms with Gasteiger partial charge in [-0.2, -0.15) is 0 Å². The molecular weight excluding hydrogens is 400 g/mol. The Morgan fingerprint density at radius 1 is 0.774 bits per heavy atom. The van der Waals surface area contributed by atoms with Crippen molar-refractivity contribution in [3.63, 3.8) is 0 Å². The van der Waals surface area contributed by atoms with E-state index >= 15 is 0 Å². The van der Waals surface area contributed by atoms with Gasteiger partial charge in [-0.15, -0.1) is 11.3 Å². The van der Waals surface area contributed by atoms with Gasteiger partial charge in [0.05, 0.1) is 0 Å². The molecule has 0 atom stereocenters. The van der Waals surface area contributed by atoms with Crippen LogP contribution in [0.4, 0.5) is 0 Å². The first-order valence-corrected chi connectivity index (χ1v) is 11.8. The summed E-state index contributed by atoms with van der Waals surface area (Å²) in [5.41, 5.74) is 3.22. The second kappa shape index (κ2) is 10.9. The van der Waals surface area contributed by atoms with E-state index in [4.69, 9.17) is 4.74 Å². The summed E-state index contributed by atoms with van der Waals surface area (Å²) in [6.45, 7) is 2.81. The number of aryl methyl sites for hydroxylation is 1. The Bertz CT molecular complexity index is 1060. The molecule has 0 bridgehead atoms. The fourth-order valence-corrected chi connectivity index (χ4v) is 4.46. The van der Waals surface area contributed by atoms with Crippen LogP contribution in [0, 0.1) is 0 Å². The lowest BCUT2D eigenvalue weighted by atomic mass is 10.1. The lowest BCUT2D eigenvalue weighted by Crippen LogP contribution is -1.95. The van der Waals surface area contributed by atoms with E-state index in [2.05, 4.69) is 41.2 Å². The van der Waals surface area contributed by atoms with Gasteiger partial charge in [0.2, 0.25) is 0 Å². The van der Waals surface area contributed by atoms with Gasteiger partial charge in [0.15, 0.2) is 5.82 Å². The van der Waals surface area contributed by atoms with Crippen LogP contribution in [0.1, 0.15) is 43.0 Å². The van der Waals surface area contributed by atoms with Gasteiger partial charge in [0.1, 0.15) is 12.4 Å². The molecule has 0 aliphatic rings. The number of benzene rings is 2. The third-order valence-corrected chi connectivity index (χ3v) is 6.43. The van der Waals surface area contributed by atoms with E-state index in [1.54, 1.807) is 0 Å². The summed E-state index contributed by atoms with van der Waals surface area (Å²) in [5, 5.41) is 0. The van der Waals surface area contributed by atoms with E-state index in [1.165, 1.54) is 41.9 Å². The summed E-state index contributed by atoms with van der Waals surface area (Å²) in [6.07, 6.45) is 10.2. The number of rotatable bonds is 10. The summed E-state index contributed by atoms with van der Waals surface area (Å²) in [5.74, 6) is 1.57. The highest BCUT2D eigenvalue weighted by Gasteiger charge is 2.07. The van der Waals surface area contributed by atoms with E-state index in [0.717, 1.165) is 28.3 Å². The van der Waals surface area contributed by atoms with Crippen LogP contribution in [0.15, 0.2) is 79.1 Å². The van der Waals surface area contributed by atoms with Gasteiger partial charge in [-0.25, -0.2) is 9.97 Å². The standard InChI is InChI=1S/C27H28N2OS/c1-2-3-4-8-11-25-16-17-26(31-25)23-18-28-27(29-19-23)22-12-14-24(15-13-22)30-20-21-9-6-5-7-10-21/h5-7,9-10,12-19H,2-4,8,11,20H2,1H3. The molecule has 4 aromatic rings. The van der Waals surface area contributed by atoms with Gasteiger partial charge in [0, 0.05) is 33.3 Å². The lowest BCUT2D eigenvalue weighted by Gasteiger charge is -2.07.